The lowest BCUT2D eigenvalue weighted by atomic mass is 10.2. The number of nitrogens with zero attached hydrogens (tertiary/aromatic N) is 1. The number of likely N-dealkylation sites (N-methyl/N-ethyl adjacent to an activating group) is 1. The highest BCUT2D eigenvalue weighted by molar-refractivity contribution is 5.81. The predicted octanol–water partition coefficient (Wildman–Crippen LogP) is -0.567. The molecule has 94 valence electrons. The van der Waals surface area contributed by atoms with E-state index in [-0.39, 0.29) is 11.9 Å². The summed E-state index contributed by atoms with van der Waals surface area (Å²) in [5.41, 5.74) is 0. The number of nitrogens with one attached hydrogen (secondary N) is 2. The van der Waals surface area contributed by atoms with Crippen LogP contribution in [0.4, 0.5) is 0 Å². The average Bonchev–Trinajstić information content (AvgIpc) is 2.35. The predicted molar refractivity (Wildman–Crippen MR) is 63.4 cm³/mol. The van der Waals surface area contributed by atoms with Crippen molar-refractivity contribution in [3.05, 3.63) is 0 Å². The van der Waals surface area contributed by atoms with Crippen LogP contribution in [-0.4, -0.2) is 62.8 Å². The maximum absolute atomic E-state index is 11.7. The van der Waals surface area contributed by atoms with Crippen LogP contribution in [0.25, 0.3) is 0 Å². The van der Waals surface area contributed by atoms with Crippen molar-refractivity contribution in [2.75, 3.05) is 45.9 Å². The first kappa shape index (κ1) is 13.4. The number of carbonyl (C=O) groups is 1. The van der Waals surface area contributed by atoms with Crippen molar-refractivity contribution in [3.8, 4) is 0 Å². The van der Waals surface area contributed by atoms with Crippen LogP contribution >= 0.6 is 0 Å². The van der Waals surface area contributed by atoms with Gasteiger partial charge in [-0.25, -0.2) is 0 Å². The van der Waals surface area contributed by atoms with Crippen LogP contribution in [0.15, 0.2) is 0 Å². The molecule has 0 aromatic heterocycles. The summed E-state index contributed by atoms with van der Waals surface area (Å²) < 4.78 is 5.24. The van der Waals surface area contributed by atoms with E-state index in [4.69, 9.17) is 4.74 Å². The number of carbonyl (C=O) groups excluding carboxylic acids is 1. The van der Waals surface area contributed by atoms with Crippen LogP contribution in [0.5, 0.6) is 0 Å². The highest BCUT2D eigenvalue weighted by atomic mass is 16.5. The molecule has 2 N–H and O–H groups in total. The van der Waals surface area contributed by atoms with Gasteiger partial charge in [-0.1, -0.05) is 13.8 Å². The van der Waals surface area contributed by atoms with Gasteiger partial charge in [-0.3, -0.25) is 4.79 Å². The summed E-state index contributed by atoms with van der Waals surface area (Å²) in [6.45, 7) is 9.86. The zero-order valence-corrected chi connectivity index (χ0v) is 10.3. The fourth-order valence-corrected chi connectivity index (χ4v) is 1.73. The molecule has 1 aliphatic rings. The molecule has 1 rings (SSSR count). The zero-order valence-electron chi connectivity index (χ0n) is 10.3. The Balaban J connectivity index is 2.13. The number of hydrogen-bond acceptors (Lipinski definition) is 4. The lowest BCUT2D eigenvalue weighted by molar-refractivity contribution is -0.125. The summed E-state index contributed by atoms with van der Waals surface area (Å²) in [4.78, 5) is 14.0. The van der Waals surface area contributed by atoms with Gasteiger partial charge in [0.1, 0.15) is 6.04 Å². The third kappa shape index (κ3) is 4.47. The van der Waals surface area contributed by atoms with Gasteiger partial charge < -0.3 is 20.3 Å². The summed E-state index contributed by atoms with van der Waals surface area (Å²) in [7, 11) is 0. The van der Waals surface area contributed by atoms with Crippen LogP contribution in [0.3, 0.4) is 0 Å². The van der Waals surface area contributed by atoms with Crippen LogP contribution in [0.2, 0.25) is 0 Å². The largest absolute Gasteiger partial charge is 0.378 e. The van der Waals surface area contributed by atoms with Crippen molar-refractivity contribution in [1.29, 1.82) is 0 Å². The Kier molecular flexibility index (Phi) is 6.37. The third-order valence-corrected chi connectivity index (χ3v) is 2.86. The van der Waals surface area contributed by atoms with Gasteiger partial charge in [0.25, 0.3) is 0 Å². The molecule has 1 amide bonds. The highest BCUT2D eigenvalue weighted by Crippen LogP contribution is 1.93. The van der Waals surface area contributed by atoms with E-state index in [9.17, 15) is 4.79 Å². The van der Waals surface area contributed by atoms with Crippen molar-refractivity contribution >= 4 is 5.91 Å². The van der Waals surface area contributed by atoms with Crippen LogP contribution in [-0.2, 0) is 9.53 Å². The van der Waals surface area contributed by atoms with Crippen LogP contribution in [0, 0.1) is 0 Å². The van der Waals surface area contributed by atoms with Gasteiger partial charge >= 0.3 is 0 Å². The number of amides is 1. The van der Waals surface area contributed by atoms with Gasteiger partial charge in [-0.15, -0.1) is 0 Å². The fraction of sp³-hybridized carbons (Fsp3) is 0.909. The van der Waals surface area contributed by atoms with Crippen molar-refractivity contribution in [2.45, 2.75) is 19.9 Å². The van der Waals surface area contributed by atoms with E-state index in [0.717, 1.165) is 26.2 Å². The maximum atomic E-state index is 11.7. The summed E-state index contributed by atoms with van der Waals surface area (Å²) in [5, 5.41) is 6.06. The molecule has 1 atom stereocenters. The van der Waals surface area contributed by atoms with E-state index in [1.807, 2.05) is 0 Å². The molecule has 1 fully saturated rings. The molecule has 5 heteroatoms. The number of rotatable bonds is 6. The highest BCUT2D eigenvalue weighted by Gasteiger charge is 2.20. The molecule has 1 unspecified atom stereocenters. The normalized spacial score (nSPS) is 21.1. The molecule has 0 spiro atoms. The Bertz CT molecular complexity index is 201. The van der Waals surface area contributed by atoms with E-state index in [1.54, 1.807) is 0 Å². The Morgan fingerprint density at radius 2 is 2.25 bits per heavy atom. The molecule has 5 nitrogen and oxygen atoms in total. The minimum atomic E-state index is -0.176. The molecule has 0 aromatic rings. The van der Waals surface area contributed by atoms with Gasteiger partial charge in [0, 0.05) is 19.6 Å². The number of ether oxygens (including phenoxy) is 1. The lowest BCUT2D eigenvalue weighted by Gasteiger charge is -2.24. The van der Waals surface area contributed by atoms with Crippen molar-refractivity contribution in [3.63, 3.8) is 0 Å². The lowest BCUT2D eigenvalue weighted by Crippen LogP contribution is -2.52. The molecule has 1 heterocycles. The van der Waals surface area contributed by atoms with E-state index in [1.165, 1.54) is 0 Å². The Morgan fingerprint density at radius 3 is 2.81 bits per heavy atom. The second kappa shape index (κ2) is 7.60. The minimum absolute atomic E-state index is 0.0480. The van der Waals surface area contributed by atoms with Gasteiger partial charge in [0.05, 0.1) is 13.2 Å². The molecular formula is C11H23N3O2. The van der Waals surface area contributed by atoms with Crippen molar-refractivity contribution in [2.24, 2.45) is 0 Å². The van der Waals surface area contributed by atoms with Gasteiger partial charge in [0.15, 0.2) is 0 Å². The quantitative estimate of drug-likeness (QED) is 0.640. The van der Waals surface area contributed by atoms with Gasteiger partial charge in [-0.05, 0) is 13.1 Å². The fourth-order valence-electron chi connectivity index (χ4n) is 1.73. The molecule has 1 saturated heterocycles. The molecule has 0 saturated carbocycles. The molecule has 16 heavy (non-hydrogen) atoms. The van der Waals surface area contributed by atoms with E-state index < -0.39 is 0 Å². The molecule has 0 aromatic carbocycles. The Hall–Kier alpha value is -0.650. The first-order chi connectivity index (χ1) is 7.77. The van der Waals surface area contributed by atoms with E-state index >= 15 is 0 Å². The molecule has 0 aliphatic carbocycles. The second-order valence-electron chi connectivity index (χ2n) is 3.90. The van der Waals surface area contributed by atoms with Crippen molar-refractivity contribution < 1.29 is 9.53 Å². The topological polar surface area (TPSA) is 53.6 Å². The molecule has 0 bridgehead atoms. The minimum Gasteiger partial charge on any atom is -0.378 e. The SMILES string of the molecule is CCN(CC)CCNC(=O)C1COCCN1. The van der Waals surface area contributed by atoms with Crippen LogP contribution < -0.4 is 10.6 Å². The standard InChI is InChI=1S/C11H23N3O2/c1-3-14(4-2)7-5-13-11(15)10-9-16-8-6-12-10/h10,12H,3-9H2,1-2H3,(H,13,15). The van der Waals surface area contributed by atoms with Gasteiger partial charge in [0.2, 0.25) is 5.91 Å². The summed E-state index contributed by atoms with van der Waals surface area (Å²) in [6, 6.07) is -0.176. The number of hydrogen-bond donors (Lipinski definition) is 2. The monoisotopic (exact) mass is 229 g/mol. The summed E-state index contributed by atoms with van der Waals surface area (Å²) in [5.74, 6) is 0.0480. The Labute approximate surface area is 97.5 Å². The molecule has 1 aliphatic heterocycles. The van der Waals surface area contributed by atoms with E-state index in [2.05, 4.69) is 29.4 Å². The van der Waals surface area contributed by atoms with E-state index in [0.29, 0.717) is 19.8 Å². The maximum Gasteiger partial charge on any atom is 0.239 e. The van der Waals surface area contributed by atoms with Crippen molar-refractivity contribution in [1.82, 2.24) is 15.5 Å². The first-order valence-electron chi connectivity index (χ1n) is 6.09. The zero-order chi connectivity index (χ0) is 11.8. The van der Waals surface area contributed by atoms with Crippen LogP contribution in [0.1, 0.15) is 13.8 Å². The summed E-state index contributed by atoms with van der Waals surface area (Å²) >= 11 is 0. The molecule has 0 radical (unpaired) electrons. The smallest absolute Gasteiger partial charge is 0.239 e. The number of morpholine rings is 1. The molecular weight excluding hydrogens is 206 g/mol. The van der Waals surface area contributed by atoms with Gasteiger partial charge in [-0.2, -0.15) is 0 Å². The Morgan fingerprint density at radius 1 is 1.50 bits per heavy atom. The summed E-state index contributed by atoms with van der Waals surface area (Å²) in [6.07, 6.45) is 0. The average molecular weight is 229 g/mol. The second-order valence-corrected chi connectivity index (χ2v) is 3.90. The first-order valence-corrected chi connectivity index (χ1v) is 6.09. The third-order valence-electron chi connectivity index (χ3n) is 2.86.